The standard InChI is InChI=1S/C20H29N3O2/c1-15(17-6-4-3-5-7-17)14-21-19(24)16(2)22-10-12-23(13-11-22)20(25)18-8-9-18/h3-7,15-16,18H,8-14H2,1-2H3,(H,21,24)/t15-,16+/m1/s1. The molecule has 0 bridgehead atoms. The van der Waals surface area contributed by atoms with Gasteiger partial charge in [0.25, 0.3) is 0 Å². The molecule has 0 aromatic heterocycles. The first-order chi connectivity index (χ1) is 12.1. The molecular formula is C20H29N3O2. The summed E-state index contributed by atoms with van der Waals surface area (Å²) in [5.41, 5.74) is 1.24. The van der Waals surface area contributed by atoms with Crippen LogP contribution in [0.15, 0.2) is 30.3 Å². The molecule has 5 nitrogen and oxygen atoms in total. The molecule has 1 aromatic carbocycles. The monoisotopic (exact) mass is 343 g/mol. The van der Waals surface area contributed by atoms with Gasteiger partial charge in [0.15, 0.2) is 0 Å². The Bertz CT molecular complexity index is 592. The molecule has 5 heteroatoms. The molecule has 2 amide bonds. The highest BCUT2D eigenvalue weighted by molar-refractivity contribution is 5.82. The summed E-state index contributed by atoms with van der Waals surface area (Å²) in [4.78, 5) is 28.7. The minimum Gasteiger partial charge on any atom is -0.354 e. The number of amides is 2. The van der Waals surface area contributed by atoms with Gasteiger partial charge in [-0.25, -0.2) is 0 Å². The second-order valence-electron chi connectivity index (χ2n) is 7.37. The van der Waals surface area contributed by atoms with Crippen LogP contribution in [0.2, 0.25) is 0 Å². The Kier molecular flexibility index (Phi) is 5.74. The van der Waals surface area contributed by atoms with Crippen LogP contribution in [0.25, 0.3) is 0 Å². The van der Waals surface area contributed by atoms with E-state index in [1.54, 1.807) is 0 Å². The zero-order valence-corrected chi connectivity index (χ0v) is 15.3. The highest BCUT2D eigenvalue weighted by Crippen LogP contribution is 2.31. The Labute approximate surface area is 150 Å². The number of carbonyl (C=O) groups is 2. The first kappa shape index (κ1) is 17.9. The smallest absolute Gasteiger partial charge is 0.237 e. The summed E-state index contributed by atoms with van der Waals surface area (Å²) >= 11 is 0. The van der Waals surface area contributed by atoms with E-state index in [-0.39, 0.29) is 17.9 Å². The van der Waals surface area contributed by atoms with Gasteiger partial charge in [0, 0.05) is 38.6 Å². The van der Waals surface area contributed by atoms with Crippen molar-refractivity contribution in [3.63, 3.8) is 0 Å². The summed E-state index contributed by atoms with van der Waals surface area (Å²) in [5, 5.41) is 3.08. The van der Waals surface area contributed by atoms with E-state index in [9.17, 15) is 9.59 Å². The molecule has 136 valence electrons. The molecule has 0 spiro atoms. The number of piperazine rings is 1. The summed E-state index contributed by atoms with van der Waals surface area (Å²) in [6.45, 7) is 7.78. The van der Waals surface area contributed by atoms with Crippen LogP contribution in [-0.2, 0) is 9.59 Å². The normalized spacial score (nSPS) is 20.8. The van der Waals surface area contributed by atoms with Crippen LogP contribution in [0.4, 0.5) is 0 Å². The lowest BCUT2D eigenvalue weighted by Crippen LogP contribution is -2.55. The van der Waals surface area contributed by atoms with Crippen LogP contribution >= 0.6 is 0 Å². The summed E-state index contributed by atoms with van der Waals surface area (Å²) in [5.74, 6) is 0.968. The maximum absolute atomic E-state index is 12.5. The average molecular weight is 343 g/mol. The lowest BCUT2D eigenvalue weighted by Gasteiger charge is -2.37. The van der Waals surface area contributed by atoms with E-state index in [1.165, 1.54) is 5.56 Å². The highest BCUT2D eigenvalue weighted by atomic mass is 16.2. The van der Waals surface area contributed by atoms with Gasteiger partial charge in [-0.3, -0.25) is 14.5 Å². The van der Waals surface area contributed by atoms with Gasteiger partial charge in [-0.2, -0.15) is 0 Å². The molecule has 2 atom stereocenters. The second kappa shape index (κ2) is 8.00. The van der Waals surface area contributed by atoms with E-state index in [4.69, 9.17) is 0 Å². The largest absolute Gasteiger partial charge is 0.354 e. The molecule has 1 saturated heterocycles. The maximum atomic E-state index is 12.5. The molecule has 1 N–H and O–H groups in total. The molecule has 0 radical (unpaired) electrons. The minimum absolute atomic E-state index is 0.0738. The Morgan fingerprint density at radius 1 is 1.08 bits per heavy atom. The summed E-state index contributed by atoms with van der Waals surface area (Å²) in [6, 6.07) is 10.1. The molecule has 1 aromatic rings. The summed E-state index contributed by atoms with van der Waals surface area (Å²) < 4.78 is 0. The fraction of sp³-hybridized carbons (Fsp3) is 0.600. The average Bonchev–Trinajstić information content (AvgIpc) is 3.50. The van der Waals surface area contributed by atoms with Crippen LogP contribution < -0.4 is 5.32 Å². The second-order valence-corrected chi connectivity index (χ2v) is 7.37. The number of rotatable bonds is 6. The zero-order valence-electron chi connectivity index (χ0n) is 15.3. The van der Waals surface area contributed by atoms with Gasteiger partial charge in [0.2, 0.25) is 11.8 Å². The van der Waals surface area contributed by atoms with E-state index in [2.05, 4.69) is 29.3 Å². The first-order valence-electron chi connectivity index (χ1n) is 9.41. The van der Waals surface area contributed by atoms with Crippen molar-refractivity contribution in [1.82, 2.24) is 15.1 Å². The van der Waals surface area contributed by atoms with Crippen LogP contribution in [-0.4, -0.2) is 60.4 Å². The molecule has 2 aliphatic rings. The van der Waals surface area contributed by atoms with Gasteiger partial charge < -0.3 is 10.2 Å². The molecule has 25 heavy (non-hydrogen) atoms. The van der Waals surface area contributed by atoms with Crippen LogP contribution in [0, 0.1) is 5.92 Å². The SMILES string of the molecule is C[C@H](CNC(=O)[C@H](C)N1CCN(C(=O)C2CC2)CC1)c1ccccc1. The number of nitrogens with zero attached hydrogens (tertiary/aromatic N) is 2. The molecule has 3 rings (SSSR count). The van der Waals surface area contributed by atoms with Crippen molar-refractivity contribution in [2.75, 3.05) is 32.7 Å². The molecule has 1 aliphatic heterocycles. The van der Waals surface area contributed by atoms with Gasteiger partial charge in [-0.15, -0.1) is 0 Å². The van der Waals surface area contributed by atoms with Gasteiger partial charge in [0.05, 0.1) is 6.04 Å². The highest BCUT2D eigenvalue weighted by Gasteiger charge is 2.35. The fourth-order valence-electron chi connectivity index (χ4n) is 3.38. The maximum Gasteiger partial charge on any atom is 0.237 e. The van der Waals surface area contributed by atoms with Crippen molar-refractivity contribution in [2.24, 2.45) is 5.92 Å². The van der Waals surface area contributed by atoms with E-state index < -0.39 is 0 Å². The van der Waals surface area contributed by atoms with Crippen molar-refractivity contribution >= 4 is 11.8 Å². The predicted octanol–water partition coefficient (Wildman–Crippen LogP) is 1.85. The predicted molar refractivity (Wildman–Crippen MR) is 98.2 cm³/mol. The molecule has 0 unspecified atom stereocenters. The Morgan fingerprint density at radius 3 is 2.32 bits per heavy atom. The van der Waals surface area contributed by atoms with Crippen LogP contribution in [0.1, 0.15) is 38.2 Å². The third-order valence-corrected chi connectivity index (χ3v) is 5.43. The van der Waals surface area contributed by atoms with E-state index in [0.29, 0.717) is 18.4 Å². The lowest BCUT2D eigenvalue weighted by atomic mass is 10.0. The number of nitrogens with one attached hydrogen (secondary N) is 1. The number of hydrogen-bond acceptors (Lipinski definition) is 3. The fourth-order valence-corrected chi connectivity index (χ4v) is 3.38. The molecule has 1 heterocycles. The third-order valence-electron chi connectivity index (χ3n) is 5.43. The number of benzene rings is 1. The number of hydrogen-bond donors (Lipinski definition) is 1. The van der Waals surface area contributed by atoms with Gasteiger partial charge in [0.1, 0.15) is 0 Å². The Balaban J connectivity index is 1.42. The van der Waals surface area contributed by atoms with Crippen molar-refractivity contribution < 1.29 is 9.59 Å². The zero-order chi connectivity index (χ0) is 17.8. The van der Waals surface area contributed by atoms with Crippen LogP contribution in [0.3, 0.4) is 0 Å². The molecule has 2 fully saturated rings. The molecule has 1 saturated carbocycles. The third kappa shape index (κ3) is 4.60. The van der Waals surface area contributed by atoms with E-state index >= 15 is 0 Å². The molecular weight excluding hydrogens is 314 g/mol. The molecule has 1 aliphatic carbocycles. The lowest BCUT2D eigenvalue weighted by molar-refractivity contribution is -0.135. The minimum atomic E-state index is -0.152. The van der Waals surface area contributed by atoms with E-state index in [1.807, 2.05) is 30.0 Å². The van der Waals surface area contributed by atoms with Crippen molar-refractivity contribution in [1.29, 1.82) is 0 Å². The topological polar surface area (TPSA) is 52.7 Å². The quantitative estimate of drug-likeness (QED) is 0.858. The van der Waals surface area contributed by atoms with Gasteiger partial charge in [-0.1, -0.05) is 37.3 Å². The van der Waals surface area contributed by atoms with Crippen LogP contribution in [0.5, 0.6) is 0 Å². The van der Waals surface area contributed by atoms with E-state index in [0.717, 1.165) is 39.0 Å². The van der Waals surface area contributed by atoms with Gasteiger partial charge >= 0.3 is 0 Å². The van der Waals surface area contributed by atoms with Gasteiger partial charge in [-0.05, 0) is 31.2 Å². The number of carbonyl (C=O) groups excluding carboxylic acids is 2. The summed E-state index contributed by atoms with van der Waals surface area (Å²) in [6.07, 6.45) is 2.11. The summed E-state index contributed by atoms with van der Waals surface area (Å²) in [7, 11) is 0. The Morgan fingerprint density at radius 2 is 1.72 bits per heavy atom. The first-order valence-corrected chi connectivity index (χ1v) is 9.41. The van der Waals surface area contributed by atoms with Crippen molar-refractivity contribution in [3.05, 3.63) is 35.9 Å². The van der Waals surface area contributed by atoms with Crippen molar-refractivity contribution in [3.8, 4) is 0 Å². The van der Waals surface area contributed by atoms with Crippen molar-refractivity contribution in [2.45, 2.75) is 38.6 Å². The Hall–Kier alpha value is -1.88.